The average molecular weight is 342 g/mol. The van der Waals surface area contributed by atoms with Crippen LogP contribution in [0.4, 0.5) is 0 Å². The number of benzene rings is 1. The normalized spacial score (nSPS) is 25.5. The van der Waals surface area contributed by atoms with Gasteiger partial charge in [-0.1, -0.05) is 29.3 Å². The van der Waals surface area contributed by atoms with Crippen molar-refractivity contribution in [1.82, 2.24) is 15.1 Å². The first-order chi connectivity index (χ1) is 10.7. The highest BCUT2D eigenvalue weighted by Gasteiger charge is 2.31. The summed E-state index contributed by atoms with van der Waals surface area (Å²) in [5.74, 6) is 0. The van der Waals surface area contributed by atoms with E-state index in [2.05, 4.69) is 22.0 Å². The van der Waals surface area contributed by atoms with Gasteiger partial charge in [0.2, 0.25) is 0 Å². The highest BCUT2D eigenvalue weighted by Crippen LogP contribution is 2.36. The van der Waals surface area contributed by atoms with Crippen molar-refractivity contribution in [1.29, 1.82) is 0 Å². The molecule has 0 radical (unpaired) electrons. The summed E-state index contributed by atoms with van der Waals surface area (Å²) >= 11 is 13.1. The second-order valence-electron chi connectivity index (χ2n) is 6.45. The Balaban J connectivity index is 1.90. The molecule has 3 rings (SSSR count). The summed E-state index contributed by atoms with van der Waals surface area (Å²) in [5, 5.41) is 5.06. The van der Waals surface area contributed by atoms with Gasteiger partial charge in [-0.2, -0.15) is 0 Å². The third-order valence-corrected chi connectivity index (χ3v) is 5.57. The van der Waals surface area contributed by atoms with Crippen molar-refractivity contribution in [3.8, 4) is 0 Å². The number of hydrogen-bond acceptors (Lipinski definition) is 3. The molecule has 2 saturated heterocycles. The van der Waals surface area contributed by atoms with Gasteiger partial charge >= 0.3 is 0 Å². The zero-order chi connectivity index (χ0) is 15.5. The lowest BCUT2D eigenvalue weighted by Gasteiger charge is -2.42. The van der Waals surface area contributed by atoms with Crippen LogP contribution in [0.15, 0.2) is 18.2 Å². The third-order valence-electron chi connectivity index (χ3n) is 4.92. The van der Waals surface area contributed by atoms with Gasteiger partial charge in [-0.25, -0.2) is 0 Å². The van der Waals surface area contributed by atoms with Crippen molar-refractivity contribution >= 4 is 23.2 Å². The second kappa shape index (κ2) is 7.50. The van der Waals surface area contributed by atoms with Crippen LogP contribution in [-0.4, -0.2) is 55.1 Å². The average Bonchev–Trinajstić information content (AvgIpc) is 3.00. The first-order valence-electron chi connectivity index (χ1n) is 8.29. The van der Waals surface area contributed by atoms with Crippen LogP contribution in [0.25, 0.3) is 0 Å². The summed E-state index contributed by atoms with van der Waals surface area (Å²) in [6.45, 7) is 8.79. The fourth-order valence-electron chi connectivity index (χ4n) is 3.72. The maximum Gasteiger partial charge on any atom is 0.0508 e. The fourth-order valence-corrected chi connectivity index (χ4v) is 4.37. The lowest BCUT2D eigenvalue weighted by Crippen LogP contribution is -2.53. The summed E-state index contributed by atoms with van der Waals surface area (Å²) < 4.78 is 0. The molecule has 22 heavy (non-hydrogen) atoms. The summed E-state index contributed by atoms with van der Waals surface area (Å²) in [4.78, 5) is 5.13. The molecule has 0 spiro atoms. The van der Waals surface area contributed by atoms with Gasteiger partial charge < -0.3 is 10.2 Å². The van der Waals surface area contributed by atoms with Gasteiger partial charge in [-0.15, -0.1) is 0 Å². The lowest BCUT2D eigenvalue weighted by atomic mass is 10.0. The molecular formula is C17H25Cl2N3. The quantitative estimate of drug-likeness (QED) is 0.905. The maximum atomic E-state index is 6.53. The highest BCUT2D eigenvalue weighted by molar-refractivity contribution is 6.36. The van der Waals surface area contributed by atoms with Gasteiger partial charge in [0, 0.05) is 47.8 Å². The summed E-state index contributed by atoms with van der Waals surface area (Å²) in [7, 11) is 0. The van der Waals surface area contributed by atoms with Crippen molar-refractivity contribution in [3.63, 3.8) is 0 Å². The van der Waals surface area contributed by atoms with E-state index in [9.17, 15) is 0 Å². The molecule has 122 valence electrons. The number of nitrogens with zero attached hydrogens (tertiary/aromatic N) is 2. The minimum Gasteiger partial charge on any atom is -0.314 e. The van der Waals surface area contributed by atoms with E-state index in [0.29, 0.717) is 6.04 Å². The van der Waals surface area contributed by atoms with E-state index in [0.717, 1.165) is 41.8 Å². The van der Waals surface area contributed by atoms with E-state index >= 15 is 0 Å². The summed E-state index contributed by atoms with van der Waals surface area (Å²) in [6.07, 6.45) is 2.61. The largest absolute Gasteiger partial charge is 0.314 e. The number of nitrogens with one attached hydrogen (secondary N) is 1. The van der Waals surface area contributed by atoms with Crippen LogP contribution in [0.1, 0.15) is 31.4 Å². The number of piperazine rings is 1. The Morgan fingerprint density at radius 1 is 1.18 bits per heavy atom. The SMILES string of the molecule is CC1CNCCN1C(CN1CCCC1)c1c(Cl)cccc1Cl. The number of halogens is 2. The molecule has 0 bridgehead atoms. The number of rotatable bonds is 4. The van der Waals surface area contributed by atoms with Crippen LogP contribution in [0, 0.1) is 0 Å². The molecular weight excluding hydrogens is 317 g/mol. The number of hydrogen-bond donors (Lipinski definition) is 1. The van der Waals surface area contributed by atoms with Crippen molar-refractivity contribution < 1.29 is 0 Å². The Hall–Kier alpha value is -0.320. The van der Waals surface area contributed by atoms with Crippen molar-refractivity contribution in [3.05, 3.63) is 33.8 Å². The Morgan fingerprint density at radius 3 is 2.50 bits per heavy atom. The van der Waals surface area contributed by atoms with Crippen LogP contribution in [0.3, 0.4) is 0 Å². The maximum absolute atomic E-state index is 6.53. The minimum atomic E-state index is 0.274. The Kier molecular flexibility index (Phi) is 5.64. The Morgan fingerprint density at radius 2 is 1.86 bits per heavy atom. The van der Waals surface area contributed by atoms with E-state index in [-0.39, 0.29) is 6.04 Å². The summed E-state index contributed by atoms with van der Waals surface area (Å²) in [6, 6.07) is 6.63. The van der Waals surface area contributed by atoms with Gasteiger partial charge in [0.1, 0.15) is 0 Å². The van der Waals surface area contributed by atoms with Crippen LogP contribution < -0.4 is 5.32 Å². The first-order valence-corrected chi connectivity index (χ1v) is 9.05. The Bertz CT molecular complexity index is 482. The highest BCUT2D eigenvalue weighted by atomic mass is 35.5. The van der Waals surface area contributed by atoms with E-state index in [1.54, 1.807) is 0 Å². The zero-order valence-corrected chi connectivity index (χ0v) is 14.7. The summed E-state index contributed by atoms with van der Waals surface area (Å²) in [5.41, 5.74) is 1.10. The van der Waals surface area contributed by atoms with Crippen LogP contribution in [0.2, 0.25) is 10.0 Å². The molecule has 0 amide bonds. The molecule has 1 aromatic carbocycles. The van der Waals surface area contributed by atoms with Crippen LogP contribution in [-0.2, 0) is 0 Å². The molecule has 1 aromatic rings. The van der Waals surface area contributed by atoms with Crippen molar-refractivity contribution in [2.75, 3.05) is 39.3 Å². The molecule has 0 aromatic heterocycles. The fraction of sp³-hybridized carbons (Fsp3) is 0.647. The van der Waals surface area contributed by atoms with Gasteiger partial charge in [-0.3, -0.25) is 4.90 Å². The second-order valence-corrected chi connectivity index (χ2v) is 7.26. The number of likely N-dealkylation sites (tertiary alicyclic amines) is 1. The van der Waals surface area contributed by atoms with E-state index in [1.807, 2.05) is 18.2 Å². The molecule has 2 aliphatic rings. The van der Waals surface area contributed by atoms with Gasteiger partial charge in [0.15, 0.2) is 0 Å². The molecule has 2 atom stereocenters. The predicted molar refractivity (Wildman–Crippen MR) is 93.9 cm³/mol. The lowest BCUT2D eigenvalue weighted by molar-refractivity contribution is 0.0909. The van der Waals surface area contributed by atoms with E-state index in [1.165, 1.54) is 25.9 Å². The van der Waals surface area contributed by atoms with Gasteiger partial charge in [0.05, 0.1) is 6.04 Å². The third kappa shape index (κ3) is 3.60. The molecule has 5 heteroatoms. The molecule has 1 N–H and O–H groups in total. The monoisotopic (exact) mass is 341 g/mol. The topological polar surface area (TPSA) is 18.5 Å². The molecule has 0 aliphatic carbocycles. The molecule has 2 heterocycles. The van der Waals surface area contributed by atoms with E-state index in [4.69, 9.17) is 23.2 Å². The predicted octanol–water partition coefficient (Wildman–Crippen LogP) is 3.42. The zero-order valence-electron chi connectivity index (χ0n) is 13.2. The molecule has 3 nitrogen and oxygen atoms in total. The molecule has 2 aliphatic heterocycles. The first kappa shape index (κ1) is 16.5. The van der Waals surface area contributed by atoms with Crippen molar-refractivity contribution in [2.24, 2.45) is 0 Å². The molecule has 0 saturated carbocycles. The smallest absolute Gasteiger partial charge is 0.0508 e. The minimum absolute atomic E-state index is 0.274. The van der Waals surface area contributed by atoms with Crippen LogP contribution >= 0.6 is 23.2 Å². The van der Waals surface area contributed by atoms with E-state index < -0.39 is 0 Å². The Labute approximate surface area is 143 Å². The molecule has 2 fully saturated rings. The van der Waals surface area contributed by atoms with Crippen molar-refractivity contribution in [2.45, 2.75) is 31.8 Å². The van der Waals surface area contributed by atoms with Gasteiger partial charge in [-0.05, 0) is 45.0 Å². The van der Waals surface area contributed by atoms with Gasteiger partial charge in [0.25, 0.3) is 0 Å². The molecule has 2 unspecified atom stereocenters. The van der Waals surface area contributed by atoms with Crippen LogP contribution in [0.5, 0.6) is 0 Å². The standard InChI is InChI=1S/C17H25Cl2N3/c1-13-11-20-7-10-22(13)16(12-21-8-2-3-9-21)17-14(18)5-4-6-15(17)19/h4-6,13,16,20H,2-3,7-12H2,1H3.